The van der Waals surface area contributed by atoms with Crippen LogP contribution in [-0.4, -0.2) is 31.1 Å². The molecule has 21 heavy (non-hydrogen) atoms. The molecule has 1 N–H and O–H groups in total. The second kappa shape index (κ2) is 6.28. The smallest absolute Gasteiger partial charge is 0.211 e. The average Bonchev–Trinajstić information content (AvgIpc) is 2.97. The van der Waals surface area contributed by atoms with Crippen molar-refractivity contribution in [3.63, 3.8) is 0 Å². The summed E-state index contributed by atoms with van der Waals surface area (Å²) in [4.78, 5) is 0. The van der Waals surface area contributed by atoms with Crippen molar-refractivity contribution in [2.75, 3.05) is 12.9 Å². The van der Waals surface area contributed by atoms with E-state index in [1.54, 1.807) is 38.0 Å². The van der Waals surface area contributed by atoms with Crippen molar-refractivity contribution >= 4 is 10.0 Å². The van der Waals surface area contributed by atoms with Gasteiger partial charge in [0.05, 0.1) is 24.7 Å². The van der Waals surface area contributed by atoms with E-state index in [0.717, 1.165) is 17.0 Å². The van der Waals surface area contributed by atoms with E-state index < -0.39 is 10.0 Å². The number of nitrogens with zero attached hydrogens (tertiary/aromatic N) is 2. The van der Waals surface area contributed by atoms with Gasteiger partial charge in [0.25, 0.3) is 0 Å². The number of nitrogens with one attached hydrogen (secondary N) is 1. The van der Waals surface area contributed by atoms with E-state index in [1.807, 2.05) is 24.3 Å². The summed E-state index contributed by atoms with van der Waals surface area (Å²) in [5.74, 6) is 0.797. The van der Waals surface area contributed by atoms with Gasteiger partial charge in [0, 0.05) is 23.9 Å². The second-order valence-electron chi connectivity index (χ2n) is 4.66. The van der Waals surface area contributed by atoms with Crippen LogP contribution in [0.1, 0.15) is 25.5 Å². The maximum Gasteiger partial charge on any atom is 0.211 e. The molecular formula is C14H19N3O3S. The highest BCUT2D eigenvalue weighted by molar-refractivity contribution is 7.89. The lowest BCUT2D eigenvalue weighted by atomic mass is 10.2. The van der Waals surface area contributed by atoms with Gasteiger partial charge in [-0.3, -0.25) is 0 Å². The Hall–Kier alpha value is -1.86. The summed E-state index contributed by atoms with van der Waals surface area (Å²) in [6, 6.07) is 7.16. The molecule has 0 aliphatic heterocycles. The zero-order valence-electron chi connectivity index (χ0n) is 12.3. The number of benzene rings is 1. The molecule has 7 heteroatoms. The number of methoxy groups -OCH3 is 1. The number of hydrogen-bond donors (Lipinski definition) is 1. The van der Waals surface area contributed by atoms with Gasteiger partial charge < -0.3 is 4.74 Å². The molecule has 114 valence electrons. The third kappa shape index (κ3) is 3.83. The quantitative estimate of drug-likeness (QED) is 0.884. The van der Waals surface area contributed by atoms with Crippen LogP contribution in [0.3, 0.4) is 0 Å². The number of rotatable bonds is 6. The molecule has 0 saturated heterocycles. The SMILES string of the molecule is CCS(=O)(=O)NC(C)c1cnn(-c2cccc(OC)c2)c1. The van der Waals surface area contributed by atoms with Crippen LogP contribution in [0.15, 0.2) is 36.7 Å². The van der Waals surface area contributed by atoms with Crippen LogP contribution in [0.5, 0.6) is 5.75 Å². The van der Waals surface area contributed by atoms with Crippen LogP contribution in [0.2, 0.25) is 0 Å². The van der Waals surface area contributed by atoms with E-state index in [9.17, 15) is 8.42 Å². The summed E-state index contributed by atoms with van der Waals surface area (Å²) in [7, 11) is -1.63. The molecule has 2 rings (SSSR count). The van der Waals surface area contributed by atoms with Crippen LogP contribution in [-0.2, 0) is 10.0 Å². The second-order valence-corrected chi connectivity index (χ2v) is 6.71. The molecule has 0 saturated carbocycles. The highest BCUT2D eigenvalue weighted by Gasteiger charge is 2.15. The van der Waals surface area contributed by atoms with Crippen LogP contribution in [0, 0.1) is 0 Å². The number of hydrogen-bond acceptors (Lipinski definition) is 4. The minimum absolute atomic E-state index is 0.0569. The fourth-order valence-corrected chi connectivity index (χ4v) is 2.72. The summed E-state index contributed by atoms with van der Waals surface area (Å²) in [5.41, 5.74) is 1.65. The van der Waals surface area contributed by atoms with Crippen molar-refractivity contribution in [1.29, 1.82) is 0 Å². The lowest BCUT2D eigenvalue weighted by Crippen LogP contribution is -2.27. The zero-order chi connectivity index (χ0) is 15.5. The molecule has 0 spiro atoms. The molecule has 1 aromatic heterocycles. The normalized spacial score (nSPS) is 13.1. The van der Waals surface area contributed by atoms with Crippen LogP contribution >= 0.6 is 0 Å². The topological polar surface area (TPSA) is 73.2 Å². The fraction of sp³-hybridized carbons (Fsp3) is 0.357. The summed E-state index contributed by atoms with van der Waals surface area (Å²) in [6.45, 7) is 3.40. The van der Waals surface area contributed by atoms with Crippen LogP contribution in [0.25, 0.3) is 5.69 Å². The van der Waals surface area contributed by atoms with Gasteiger partial charge in [0.15, 0.2) is 0 Å². The highest BCUT2D eigenvalue weighted by Crippen LogP contribution is 2.18. The largest absolute Gasteiger partial charge is 0.497 e. The summed E-state index contributed by atoms with van der Waals surface area (Å²) < 4.78 is 32.6. The predicted molar refractivity (Wildman–Crippen MR) is 81.1 cm³/mol. The maximum absolute atomic E-state index is 11.6. The first-order chi connectivity index (χ1) is 9.95. The average molecular weight is 309 g/mol. The molecule has 2 aromatic rings. The first kappa shape index (κ1) is 15.5. The Morgan fingerprint density at radius 2 is 2.19 bits per heavy atom. The lowest BCUT2D eigenvalue weighted by molar-refractivity contribution is 0.414. The number of aromatic nitrogens is 2. The fourth-order valence-electron chi connectivity index (χ4n) is 1.88. The molecule has 0 radical (unpaired) electrons. The molecule has 6 nitrogen and oxygen atoms in total. The van der Waals surface area contributed by atoms with Gasteiger partial charge in [0.2, 0.25) is 10.0 Å². The van der Waals surface area contributed by atoms with Gasteiger partial charge in [-0.2, -0.15) is 5.10 Å². The van der Waals surface area contributed by atoms with Crippen molar-refractivity contribution in [1.82, 2.24) is 14.5 Å². The Bertz CT molecular complexity index is 710. The van der Waals surface area contributed by atoms with E-state index in [0.29, 0.717) is 0 Å². The van der Waals surface area contributed by atoms with E-state index in [2.05, 4.69) is 9.82 Å². The third-order valence-electron chi connectivity index (χ3n) is 3.16. The lowest BCUT2D eigenvalue weighted by Gasteiger charge is -2.11. The molecule has 0 amide bonds. The minimum Gasteiger partial charge on any atom is -0.497 e. The highest BCUT2D eigenvalue weighted by atomic mass is 32.2. The molecule has 1 aromatic carbocycles. The molecule has 0 aliphatic rings. The molecule has 1 unspecified atom stereocenters. The van der Waals surface area contributed by atoms with Gasteiger partial charge in [-0.25, -0.2) is 17.8 Å². The Balaban J connectivity index is 2.21. The summed E-state index contributed by atoms with van der Waals surface area (Å²) >= 11 is 0. The predicted octanol–water partition coefficient (Wildman–Crippen LogP) is 1.88. The van der Waals surface area contributed by atoms with Gasteiger partial charge in [-0.05, 0) is 26.0 Å². The van der Waals surface area contributed by atoms with Gasteiger partial charge in [-0.15, -0.1) is 0 Å². The van der Waals surface area contributed by atoms with Crippen molar-refractivity contribution in [3.05, 3.63) is 42.2 Å². The Morgan fingerprint density at radius 1 is 1.43 bits per heavy atom. The standard InChI is InChI=1S/C14H19N3O3S/c1-4-21(18,19)16-11(2)12-9-15-17(10-12)13-6-5-7-14(8-13)20-3/h5-11,16H,4H2,1-3H3. The molecule has 0 fully saturated rings. The van der Waals surface area contributed by atoms with Gasteiger partial charge in [-0.1, -0.05) is 6.07 Å². The van der Waals surface area contributed by atoms with E-state index in [-0.39, 0.29) is 11.8 Å². The van der Waals surface area contributed by atoms with Crippen molar-refractivity contribution in [3.8, 4) is 11.4 Å². The van der Waals surface area contributed by atoms with Crippen molar-refractivity contribution in [2.45, 2.75) is 19.9 Å². The number of ether oxygens (including phenoxy) is 1. The molecule has 0 aliphatic carbocycles. The van der Waals surface area contributed by atoms with Crippen LogP contribution in [0.4, 0.5) is 0 Å². The van der Waals surface area contributed by atoms with E-state index in [1.165, 1.54) is 0 Å². The monoisotopic (exact) mass is 309 g/mol. The maximum atomic E-state index is 11.6. The zero-order valence-corrected chi connectivity index (χ0v) is 13.1. The third-order valence-corrected chi connectivity index (χ3v) is 4.63. The minimum atomic E-state index is -3.24. The van der Waals surface area contributed by atoms with E-state index >= 15 is 0 Å². The van der Waals surface area contributed by atoms with Gasteiger partial charge >= 0.3 is 0 Å². The van der Waals surface area contributed by atoms with E-state index in [4.69, 9.17) is 4.74 Å². The summed E-state index contributed by atoms with van der Waals surface area (Å²) in [5, 5.41) is 4.27. The molecule has 0 bridgehead atoms. The van der Waals surface area contributed by atoms with Crippen molar-refractivity contribution in [2.24, 2.45) is 0 Å². The summed E-state index contributed by atoms with van der Waals surface area (Å²) in [6.07, 6.45) is 3.46. The van der Waals surface area contributed by atoms with Crippen molar-refractivity contribution < 1.29 is 13.2 Å². The molecule has 1 heterocycles. The Kier molecular flexibility index (Phi) is 4.64. The van der Waals surface area contributed by atoms with Gasteiger partial charge in [0.1, 0.15) is 5.75 Å². The number of sulfonamides is 1. The Labute approximate surface area is 124 Å². The molecular weight excluding hydrogens is 290 g/mol. The first-order valence-corrected chi connectivity index (χ1v) is 8.29. The Morgan fingerprint density at radius 3 is 2.86 bits per heavy atom. The van der Waals surface area contributed by atoms with Crippen LogP contribution < -0.4 is 9.46 Å². The first-order valence-electron chi connectivity index (χ1n) is 6.64. The molecule has 1 atom stereocenters.